The average molecular weight is 227 g/mol. The normalized spacial score (nSPS) is 18.3. The van der Waals surface area contributed by atoms with Gasteiger partial charge in [-0.1, -0.05) is 30.9 Å². The zero-order chi connectivity index (χ0) is 11.8. The smallest absolute Gasteiger partial charge is 0.132 e. The third-order valence-corrected chi connectivity index (χ3v) is 3.35. The molecule has 0 saturated carbocycles. The van der Waals surface area contributed by atoms with Gasteiger partial charge >= 0.3 is 0 Å². The number of nitrogens with one attached hydrogen (secondary N) is 1. The van der Waals surface area contributed by atoms with E-state index >= 15 is 0 Å². The maximum absolute atomic E-state index is 13.8. The number of halogens is 1. The summed E-state index contributed by atoms with van der Waals surface area (Å²) in [6.45, 7) is 3.96. The summed E-state index contributed by atoms with van der Waals surface area (Å²) in [4.78, 5) is 0. The summed E-state index contributed by atoms with van der Waals surface area (Å²) in [5, 5.41) is 3.27. The van der Waals surface area contributed by atoms with Gasteiger partial charge in [-0.3, -0.25) is 0 Å². The molecule has 1 N–H and O–H groups in total. The Morgan fingerprint density at radius 3 is 3.06 bits per heavy atom. The van der Waals surface area contributed by atoms with E-state index in [1.54, 1.807) is 6.07 Å². The van der Waals surface area contributed by atoms with Crippen molar-refractivity contribution in [2.24, 2.45) is 0 Å². The van der Waals surface area contributed by atoms with Crippen molar-refractivity contribution in [3.05, 3.63) is 65.1 Å². The van der Waals surface area contributed by atoms with Gasteiger partial charge in [-0.25, -0.2) is 4.39 Å². The Morgan fingerprint density at radius 2 is 2.18 bits per heavy atom. The Balaban J connectivity index is 2.13. The molecule has 0 spiro atoms. The van der Waals surface area contributed by atoms with Crippen LogP contribution in [0.4, 0.5) is 4.39 Å². The van der Waals surface area contributed by atoms with E-state index in [9.17, 15) is 4.39 Å². The highest BCUT2D eigenvalue weighted by Gasteiger charge is 2.20. The van der Waals surface area contributed by atoms with Gasteiger partial charge in [0.1, 0.15) is 5.82 Å². The van der Waals surface area contributed by atoms with Crippen molar-refractivity contribution in [1.82, 2.24) is 5.32 Å². The SMILES string of the molecule is C=C1NC2=C(C=CCC2)Cc2cccc(F)c21. The standard InChI is InChI=1S/C15H14FN/c1-10-15-12(6-4-7-13(15)16)9-11-5-2-3-8-14(11)17-10/h2,4-7,17H,1,3,8-9H2. The van der Waals surface area contributed by atoms with Crippen molar-refractivity contribution in [2.45, 2.75) is 19.3 Å². The van der Waals surface area contributed by atoms with Gasteiger partial charge in [-0.05, 0) is 36.5 Å². The molecule has 0 fully saturated rings. The third kappa shape index (κ3) is 1.70. The molecule has 0 aromatic heterocycles. The Hall–Kier alpha value is -1.83. The maximum Gasteiger partial charge on any atom is 0.132 e. The monoisotopic (exact) mass is 227 g/mol. The van der Waals surface area contributed by atoms with Crippen molar-refractivity contribution < 1.29 is 4.39 Å². The van der Waals surface area contributed by atoms with Crippen LogP contribution in [0.15, 0.2) is 48.2 Å². The molecule has 1 aromatic carbocycles. The van der Waals surface area contributed by atoms with E-state index in [2.05, 4.69) is 24.0 Å². The highest BCUT2D eigenvalue weighted by molar-refractivity contribution is 5.69. The van der Waals surface area contributed by atoms with Gasteiger partial charge in [-0.2, -0.15) is 0 Å². The number of fused-ring (bicyclic) bond motifs is 1. The second-order valence-electron chi connectivity index (χ2n) is 4.50. The van der Waals surface area contributed by atoms with Crippen molar-refractivity contribution in [3.63, 3.8) is 0 Å². The molecule has 0 radical (unpaired) electrons. The lowest BCUT2D eigenvalue weighted by Crippen LogP contribution is -2.13. The average Bonchev–Trinajstić information content (AvgIpc) is 2.45. The van der Waals surface area contributed by atoms with Gasteiger partial charge in [0.2, 0.25) is 0 Å². The molecule has 1 nitrogen and oxygen atoms in total. The molecule has 2 aliphatic rings. The van der Waals surface area contributed by atoms with Crippen LogP contribution in [-0.2, 0) is 6.42 Å². The summed E-state index contributed by atoms with van der Waals surface area (Å²) < 4.78 is 13.8. The lowest BCUT2D eigenvalue weighted by molar-refractivity contribution is 0.621. The molecule has 0 unspecified atom stereocenters. The fourth-order valence-corrected chi connectivity index (χ4v) is 2.53. The summed E-state index contributed by atoms with van der Waals surface area (Å²) in [7, 11) is 0. The highest BCUT2D eigenvalue weighted by atomic mass is 19.1. The Morgan fingerprint density at radius 1 is 1.29 bits per heavy atom. The zero-order valence-electron chi connectivity index (χ0n) is 9.59. The van der Waals surface area contributed by atoms with Crippen LogP contribution in [0.25, 0.3) is 5.70 Å². The zero-order valence-corrected chi connectivity index (χ0v) is 9.59. The molecule has 0 atom stereocenters. The van der Waals surface area contributed by atoms with Crippen molar-refractivity contribution in [1.29, 1.82) is 0 Å². The van der Waals surface area contributed by atoms with Crippen LogP contribution >= 0.6 is 0 Å². The Bertz CT molecular complexity index is 552. The Labute approximate surface area is 100 Å². The van der Waals surface area contributed by atoms with Crippen LogP contribution in [0.3, 0.4) is 0 Å². The van der Waals surface area contributed by atoms with Gasteiger partial charge in [0.05, 0.1) is 0 Å². The van der Waals surface area contributed by atoms with Crippen LogP contribution in [0.5, 0.6) is 0 Å². The first kappa shape index (κ1) is 10.3. The number of benzene rings is 1. The van der Waals surface area contributed by atoms with E-state index in [0.29, 0.717) is 11.3 Å². The molecule has 0 saturated heterocycles. The van der Waals surface area contributed by atoms with Crippen molar-refractivity contribution in [2.75, 3.05) is 0 Å². The lowest BCUT2D eigenvalue weighted by atomic mass is 9.96. The molecular formula is C15H14FN. The van der Waals surface area contributed by atoms with Crippen LogP contribution < -0.4 is 5.32 Å². The topological polar surface area (TPSA) is 12.0 Å². The van der Waals surface area contributed by atoms with E-state index in [4.69, 9.17) is 0 Å². The first-order valence-electron chi connectivity index (χ1n) is 5.88. The molecular weight excluding hydrogens is 213 g/mol. The van der Waals surface area contributed by atoms with E-state index in [0.717, 1.165) is 24.8 Å². The molecule has 0 bridgehead atoms. The molecule has 3 rings (SSSR count). The van der Waals surface area contributed by atoms with Crippen LogP contribution in [-0.4, -0.2) is 0 Å². The largest absolute Gasteiger partial charge is 0.359 e. The Kier molecular flexibility index (Phi) is 2.36. The van der Waals surface area contributed by atoms with Gasteiger partial charge in [-0.15, -0.1) is 0 Å². The minimum Gasteiger partial charge on any atom is -0.359 e. The summed E-state index contributed by atoms with van der Waals surface area (Å²) in [5.74, 6) is -0.191. The molecule has 0 amide bonds. The first-order chi connectivity index (χ1) is 8.25. The molecule has 1 aliphatic carbocycles. The van der Waals surface area contributed by atoms with Crippen molar-refractivity contribution >= 4 is 5.70 Å². The van der Waals surface area contributed by atoms with Gasteiger partial charge in [0.25, 0.3) is 0 Å². The number of hydrogen-bond donors (Lipinski definition) is 1. The minimum atomic E-state index is -0.191. The summed E-state index contributed by atoms with van der Waals surface area (Å²) in [6.07, 6.45) is 7.12. The number of allylic oxidation sites excluding steroid dienone is 4. The summed E-state index contributed by atoms with van der Waals surface area (Å²) >= 11 is 0. The fourth-order valence-electron chi connectivity index (χ4n) is 2.53. The third-order valence-electron chi connectivity index (χ3n) is 3.35. The molecule has 1 aliphatic heterocycles. The minimum absolute atomic E-state index is 0.191. The maximum atomic E-state index is 13.8. The summed E-state index contributed by atoms with van der Waals surface area (Å²) in [5.41, 5.74) is 4.77. The number of hydrogen-bond acceptors (Lipinski definition) is 1. The van der Waals surface area contributed by atoms with Gasteiger partial charge in [0.15, 0.2) is 0 Å². The second-order valence-corrected chi connectivity index (χ2v) is 4.50. The van der Waals surface area contributed by atoms with Crippen LogP contribution in [0.1, 0.15) is 24.0 Å². The quantitative estimate of drug-likeness (QED) is 0.714. The van der Waals surface area contributed by atoms with E-state index in [-0.39, 0.29) is 5.82 Å². The van der Waals surface area contributed by atoms with Crippen molar-refractivity contribution in [3.8, 4) is 0 Å². The lowest BCUT2D eigenvalue weighted by Gasteiger charge is -2.15. The van der Waals surface area contributed by atoms with Gasteiger partial charge in [0, 0.05) is 17.0 Å². The molecule has 17 heavy (non-hydrogen) atoms. The predicted molar refractivity (Wildman–Crippen MR) is 67.7 cm³/mol. The first-order valence-corrected chi connectivity index (χ1v) is 5.88. The fraction of sp³-hybridized carbons (Fsp3) is 0.200. The second kappa shape index (κ2) is 3.88. The van der Waals surface area contributed by atoms with E-state index < -0.39 is 0 Å². The molecule has 86 valence electrons. The van der Waals surface area contributed by atoms with Crippen LogP contribution in [0, 0.1) is 5.82 Å². The molecule has 1 aromatic rings. The number of rotatable bonds is 0. The van der Waals surface area contributed by atoms with E-state index in [1.807, 2.05) is 6.07 Å². The van der Waals surface area contributed by atoms with E-state index in [1.165, 1.54) is 17.3 Å². The summed E-state index contributed by atoms with van der Waals surface area (Å²) in [6, 6.07) is 5.23. The highest BCUT2D eigenvalue weighted by Crippen LogP contribution is 2.31. The molecule has 1 heterocycles. The van der Waals surface area contributed by atoms with Gasteiger partial charge < -0.3 is 5.32 Å². The van der Waals surface area contributed by atoms with Crippen LogP contribution in [0.2, 0.25) is 0 Å². The molecule has 2 heteroatoms. The predicted octanol–water partition coefficient (Wildman–Crippen LogP) is 3.55.